The van der Waals surface area contributed by atoms with E-state index in [1.807, 2.05) is 18.0 Å². The van der Waals surface area contributed by atoms with Crippen molar-refractivity contribution in [3.8, 4) is 0 Å². The second-order valence-corrected chi connectivity index (χ2v) is 6.65. The molecule has 3 heteroatoms. The molecule has 0 amide bonds. The molecule has 3 unspecified atom stereocenters. The van der Waals surface area contributed by atoms with Gasteiger partial charge in [0.15, 0.2) is 0 Å². The van der Waals surface area contributed by atoms with Crippen LogP contribution < -0.4 is 5.32 Å². The Morgan fingerprint density at radius 2 is 2.11 bits per heavy atom. The maximum atomic E-state index is 5.58. The predicted octanol–water partition coefficient (Wildman–Crippen LogP) is 3.92. The number of nitrogens with one attached hydrogen (secondary N) is 1. The molecule has 100 valence electrons. The van der Waals surface area contributed by atoms with Gasteiger partial charge in [0.1, 0.15) is 5.76 Å². The second kappa shape index (κ2) is 5.70. The van der Waals surface area contributed by atoms with Gasteiger partial charge < -0.3 is 9.73 Å². The average molecular weight is 265 g/mol. The summed E-state index contributed by atoms with van der Waals surface area (Å²) in [6.45, 7) is 0. The van der Waals surface area contributed by atoms with E-state index in [2.05, 4.69) is 17.6 Å². The van der Waals surface area contributed by atoms with Crippen molar-refractivity contribution in [2.75, 3.05) is 6.26 Å². The standard InChI is InChI=1S/C15H23NOS/c1-18-15-8-3-2-5-13(15)16-12-6-4-7-14-11(12)9-10-17-14/h9-10,12-13,15-16H,2-8H2,1H3. The van der Waals surface area contributed by atoms with E-state index in [1.54, 1.807) is 0 Å². The summed E-state index contributed by atoms with van der Waals surface area (Å²) in [4.78, 5) is 0. The maximum Gasteiger partial charge on any atom is 0.108 e. The van der Waals surface area contributed by atoms with E-state index in [0.29, 0.717) is 12.1 Å². The third kappa shape index (κ3) is 2.48. The summed E-state index contributed by atoms with van der Waals surface area (Å²) in [7, 11) is 0. The maximum absolute atomic E-state index is 5.58. The molecule has 1 N–H and O–H groups in total. The van der Waals surface area contributed by atoms with Gasteiger partial charge in [-0.15, -0.1) is 0 Å². The first kappa shape index (κ1) is 12.6. The topological polar surface area (TPSA) is 25.2 Å². The van der Waals surface area contributed by atoms with Crippen molar-refractivity contribution in [3.05, 3.63) is 23.7 Å². The number of rotatable bonds is 3. The number of hydrogen-bond acceptors (Lipinski definition) is 3. The molecule has 2 aliphatic carbocycles. The van der Waals surface area contributed by atoms with Crippen LogP contribution in [0.3, 0.4) is 0 Å². The van der Waals surface area contributed by atoms with Gasteiger partial charge in [-0.25, -0.2) is 0 Å². The van der Waals surface area contributed by atoms with Crippen molar-refractivity contribution < 1.29 is 4.42 Å². The lowest BCUT2D eigenvalue weighted by atomic mass is 9.89. The molecule has 2 aliphatic rings. The van der Waals surface area contributed by atoms with Crippen molar-refractivity contribution in [2.24, 2.45) is 0 Å². The molecule has 0 saturated heterocycles. The molecule has 3 rings (SSSR count). The van der Waals surface area contributed by atoms with Gasteiger partial charge in [0.25, 0.3) is 0 Å². The van der Waals surface area contributed by atoms with E-state index < -0.39 is 0 Å². The van der Waals surface area contributed by atoms with Crippen LogP contribution in [-0.4, -0.2) is 17.5 Å². The first-order valence-electron chi connectivity index (χ1n) is 7.23. The van der Waals surface area contributed by atoms with Gasteiger partial charge in [-0.1, -0.05) is 12.8 Å². The van der Waals surface area contributed by atoms with Crippen LogP contribution in [0.25, 0.3) is 0 Å². The molecule has 18 heavy (non-hydrogen) atoms. The predicted molar refractivity (Wildman–Crippen MR) is 77.1 cm³/mol. The molecule has 0 spiro atoms. The second-order valence-electron chi connectivity index (χ2n) is 5.58. The molecular formula is C15H23NOS. The van der Waals surface area contributed by atoms with Gasteiger partial charge in [0.05, 0.1) is 6.26 Å². The van der Waals surface area contributed by atoms with E-state index in [4.69, 9.17) is 4.42 Å². The minimum absolute atomic E-state index is 0.533. The molecule has 0 radical (unpaired) electrons. The number of furan rings is 1. The number of aryl methyl sites for hydroxylation is 1. The summed E-state index contributed by atoms with van der Waals surface area (Å²) in [5.74, 6) is 1.22. The van der Waals surface area contributed by atoms with Crippen LogP contribution in [0, 0.1) is 0 Å². The van der Waals surface area contributed by atoms with Gasteiger partial charge >= 0.3 is 0 Å². The zero-order chi connectivity index (χ0) is 12.4. The first-order valence-corrected chi connectivity index (χ1v) is 8.52. The largest absolute Gasteiger partial charge is 0.469 e. The van der Waals surface area contributed by atoms with E-state index in [9.17, 15) is 0 Å². The Morgan fingerprint density at radius 1 is 1.22 bits per heavy atom. The first-order chi connectivity index (χ1) is 8.88. The number of fused-ring (bicyclic) bond motifs is 1. The molecule has 0 aliphatic heterocycles. The smallest absolute Gasteiger partial charge is 0.108 e. The van der Waals surface area contributed by atoms with Gasteiger partial charge in [-0.2, -0.15) is 11.8 Å². The fourth-order valence-electron chi connectivity index (χ4n) is 3.49. The summed E-state index contributed by atoms with van der Waals surface area (Å²) >= 11 is 2.04. The quantitative estimate of drug-likeness (QED) is 0.896. The lowest BCUT2D eigenvalue weighted by molar-refractivity contribution is 0.321. The van der Waals surface area contributed by atoms with Gasteiger partial charge in [0.2, 0.25) is 0 Å². The Hall–Kier alpha value is -0.410. The van der Waals surface area contributed by atoms with Crippen LogP contribution in [0.15, 0.2) is 16.7 Å². The minimum atomic E-state index is 0.533. The fraction of sp³-hybridized carbons (Fsp3) is 0.733. The molecule has 1 fully saturated rings. The number of thioether (sulfide) groups is 1. The molecule has 1 aromatic heterocycles. The monoisotopic (exact) mass is 265 g/mol. The van der Waals surface area contributed by atoms with Crippen LogP contribution in [0.4, 0.5) is 0 Å². The molecule has 3 atom stereocenters. The fourth-order valence-corrected chi connectivity index (χ4v) is 4.43. The van der Waals surface area contributed by atoms with Crippen molar-refractivity contribution in [2.45, 2.75) is 62.3 Å². The zero-order valence-corrected chi connectivity index (χ0v) is 12.0. The molecule has 1 aromatic rings. The summed E-state index contributed by atoms with van der Waals surface area (Å²) < 4.78 is 5.58. The molecule has 1 heterocycles. The van der Waals surface area contributed by atoms with Gasteiger partial charge in [-0.3, -0.25) is 0 Å². The normalized spacial score (nSPS) is 32.2. The van der Waals surface area contributed by atoms with Crippen LogP contribution >= 0.6 is 11.8 Å². The molecule has 0 bridgehead atoms. The summed E-state index contributed by atoms with van der Waals surface area (Å²) in [6.07, 6.45) is 13.3. The summed E-state index contributed by atoms with van der Waals surface area (Å²) in [5.41, 5.74) is 1.42. The van der Waals surface area contributed by atoms with Crippen LogP contribution in [0.1, 0.15) is 55.9 Å². The summed E-state index contributed by atoms with van der Waals surface area (Å²) in [5, 5.41) is 4.72. The highest BCUT2D eigenvalue weighted by Crippen LogP contribution is 2.34. The van der Waals surface area contributed by atoms with E-state index in [1.165, 1.54) is 49.8 Å². The van der Waals surface area contributed by atoms with Crippen molar-refractivity contribution in [1.29, 1.82) is 0 Å². The molecular weight excluding hydrogens is 242 g/mol. The van der Waals surface area contributed by atoms with E-state index in [0.717, 1.165) is 11.7 Å². The SMILES string of the molecule is CSC1CCCCC1NC1CCCc2occc21. The molecule has 2 nitrogen and oxygen atoms in total. The van der Waals surface area contributed by atoms with E-state index in [-0.39, 0.29) is 0 Å². The van der Waals surface area contributed by atoms with E-state index >= 15 is 0 Å². The van der Waals surface area contributed by atoms with Crippen molar-refractivity contribution in [1.82, 2.24) is 5.32 Å². The van der Waals surface area contributed by atoms with Crippen LogP contribution in [0.2, 0.25) is 0 Å². The lowest BCUT2D eigenvalue weighted by Crippen LogP contribution is -2.43. The third-order valence-electron chi connectivity index (χ3n) is 4.47. The van der Waals surface area contributed by atoms with Crippen LogP contribution in [-0.2, 0) is 6.42 Å². The highest BCUT2D eigenvalue weighted by atomic mass is 32.2. The van der Waals surface area contributed by atoms with Crippen molar-refractivity contribution >= 4 is 11.8 Å². The Labute approximate surface area is 114 Å². The Kier molecular flexibility index (Phi) is 4.00. The molecule has 0 aromatic carbocycles. The Bertz CT molecular complexity index is 390. The summed E-state index contributed by atoms with van der Waals surface area (Å²) in [6, 6.07) is 3.40. The van der Waals surface area contributed by atoms with Crippen LogP contribution in [0.5, 0.6) is 0 Å². The average Bonchev–Trinajstić information content (AvgIpc) is 2.89. The third-order valence-corrected chi connectivity index (χ3v) is 5.64. The molecule has 1 saturated carbocycles. The van der Waals surface area contributed by atoms with Gasteiger partial charge in [0, 0.05) is 29.3 Å². The number of hydrogen-bond donors (Lipinski definition) is 1. The highest BCUT2D eigenvalue weighted by molar-refractivity contribution is 7.99. The lowest BCUT2D eigenvalue weighted by Gasteiger charge is -2.35. The minimum Gasteiger partial charge on any atom is -0.469 e. The van der Waals surface area contributed by atoms with Crippen molar-refractivity contribution in [3.63, 3.8) is 0 Å². The highest BCUT2D eigenvalue weighted by Gasteiger charge is 2.29. The van der Waals surface area contributed by atoms with Gasteiger partial charge in [-0.05, 0) is 38.0 Å². The Morgan fingerprint density at radius 3 is 3.00 bits per heavy atom. The zero-order valence-electron chi connectivity index (χ0n) is 11.2. The Balaban J connectivity index is 1.69.